The third-order valence-electron chi connectivity index (χ3n) is 3.94. The molecule has 0 heterocycles. The Labute approximate surface area is 114 Å². The summed E-state index contributed by atoms with van der Waals surface area (Å²) in [5.41, 5.74) is 0.0717. The zero-order valence-corrected chi connectivity index (χ0v) is 13.6. The highest BCUT2D eigenvalue weighted by atomic mass is 17.2. The summed E-state index contributed by atoms with van der Waals surface area (Å²) in [6.07, 6.45) is 5.77. The van der Waals surface area contributed by atoms with Crippen molar-refractivity contribution in [3.8, 4) is 0 Å². The molecule has 0 aromatic heterocycles. The van der Waals surface area contributed by atoms with E-state index in [1.807, 2.05) is 0 Å². The second kappa shape index (κ2) is 8.16. The molecule has 0 rings (SSSR count). The van der Waals surface area contributed by atoms with E-state index in [4.69, 9.17) is 9.78 Å². The maximum atomic E-state index is 5.72. The molecular weight excluding hydrogens is 224 g/mol. The second-order valence-corrected chi connectivity index (χ2v) is 6.56. The van der Waals surface area contributed by atoms with Crippen molar-refractivity contribution in [3.05, 3.63) is 0 Å². The second-order valence-electron chi connectivity index (χ2n) is 6.56. The van der Waals surface area contributed by atoms with Gasteiger partial charge in [0, 0.05) is 0 Å². The van der Waals surface area contributed by atoms with Crippen LogP contribution in [-0.2, 0) is 9.78 Å². The van der Waals surface area contributed by atoms with Gasteiger partial charge in [-0.2, -0.15) is 0 Å². The molecule has 0 saturated heterocycles. The predicted octanol–water partition coefficient (Wildman–Crippen LogP) is 5.37. The molecule has 0 N–H and O–H groups in total. The summed E-state index contributed by atoms with van der Waals surface area (Å²) in [5, 5.41) is 0. The van der Waals surface area contributed by atoms with Crippen LogP contribution in [0.1, 0.15) is 80.6 Å². The Bertz CT molecular complexity index is 209. The fourth-order valence-electron chi connectivity index (χ4n) is 3.26. The van der Waals surface area contributed by atoms with E-state index in [0.29, 0.717) is 17.9 Å². The van der Waals surface area contributed by atoms with Gasteiger partial charge in [-0.25, -0.2) is 9.78 Å². The maximum absolute atomic E-state index is 5.72. The van der Waals surface area contributed by atoms with Crippen molar-refractivity contribution in [1.29, 1.82) is 0 Å². The van der Waals surface area contributed by atoms with Gasteiger partial charge in [-0.05, 0) is 44.4 Å². The molecule has 1 atom stereocenters. The lowest BCUT2D eigenvalue weighted by atomic mass is 9.67. The molecule has 0 aromatic rings. The Morgan fingerprint density at radius 2 is 1.56 bits per heavy atom. The normalized spacial score (nSPS) is 14.8. The topological polar surface area (TPSA) is 18.5 Å². The van der Waals surface area contributed by atoms with Gasteiger partial charge in [-0.3, -0.25) is 0 Å². The first-order valence-corrected chi connectivity index (χ1v) is 7.62. The van der Waals surface area contributed by atoms with Crippen LogP contribution < -0.4 is 0 Å². The molecular formula is C16H34O2. The highest BCUT2D eigenvalue weighted by Gasteiger charge is 2.40. The van der Waals surface area contributed by atoms with Gasteiger partial charge in [0.2, 0.25) is 0 Å². The minimum atomic E-state index is -0.221. The number of unbranched alkanes of at least 4 members (excludes halogenated alkanes) is 1. The summed E-state index contributed by atoms with van der Waals surface area (Å²) >= 11 is 0. The predicted molar refractivity (Wildman–Crippen MR) is 78.5 cm³/mol. The summed E-state index contributed by atoms with van der Waals surface area (Å²) in [5.74, 6) is 0.506. The molecule has 110 valence electrons. The van der Waals surface area contributed by atoms with Gasteiger partial charge in [0.15, 0.2) is 0 Å². The molecule has 18 heavy (non-hydrogen) atoms. The first-order valence-electron chi connectivity index (χ1n) is 7.62. The molecule has 0 radical (unpaired) electrons. The Morgan fingerprint density at radius 3 is 2.00 bits per heavy atom. The fourth-order valence-corrected chi connectivity index (χ4v) is 3.26. The molecule has 0 aliphatic rings. The summed E-state index contributed by atoms with van der Waals surface area (Å²) in [6, 6.07) is 0. The maximum Gasteiger partial charge on any atom is 0.101 e. The van der Waals surface area contributed by atoms with E-state index in [0.717, 1.165) is 19.3 Å². The third kappa shape index (κ3) is 5.71. The van der Waals surface area contributed by atoms with E-state index < -0.39 is 0 Å². The van der Waals surface area contributed by atoms with Crippen LogP contribution in [0.4, 0.5) is 0 Å². The third-order valence-corrected chi connectivity index (χ3v) is 3.94. The largest absolute Gasteiger partial charge is 0.236 e. The van der Waals surface area contributed by atoms with Gasteiger partial charge < -0.3 is 0 Å². The molecule has 0 amide bonds. The van der Waals surface area contributed by atoms with Gasteiger partial charge >= 0.3 is 0 Å². The minimum Gasteiger partial charge on any atom is -0.236 e. The molecule has 0 bridgehead atoms. The van der Waals surface area contributed by atoms with E-state index in [1.165, 1.54) is 12.8 Å². The SMILES string of the molecule is CCCCOOC(C)(C)C(CC)C(C)(C)CCC. The van der Waals surface area contributed by atoms with E-state index in [9.17, 15) is 0 Å². The monoisotopic (exact) mass is 258 g/mol. The van der Waals surface area contributed by atoms with Gasteiger partial charge in [0.25, 0.3) is 0 Å². The zero-order chi connectivity index (χ0) is 14.2. The van der Waals surface area contributed by atoms with Crippen LogP contribution in [-0.4, -0.2) is 12.2 Å². The molecule has 0 aliphatic carbocycles. The highest BCUT2D eigenvalue weighted by molar-refractivity contribution is 4.88. The van der Waals surface area contributed by atoms with Crippen LogP contribution >= 0.6 is 0 Å². The average molecular weight is 258 g/mol. The quantitative estimate of drug-likeness (QED) is 0.298. The van der Waals surface area contributed by atoms with E-state index in [1.54, 1.807) is 0 Å². The van der Waals surface area contributed by atoms with Crippen LogP contribution in [0.5, 0.6) is 0 Å². The van der Waals surface area contributed by atoms with Gasteiger partial charge in [0.1, 0.15) is 5.60 Å². The van der Waals surface area contributed by atoms with Crippen molar-refractivity contribution in [1.82, 2.24) is 0 Å². The lowest BCUT2D eigenvalue weighted by Crippen LogP contribution is -2.43. The molecule has 0 fully saturated rings. The van der Waals surface area contributed by atoms with Crippen molar-refractivity contribution < 1.29 is 9.78 Å². The molecule has 1 unspecified atom stereocenters. The minimum absolute atomic E-state index is 0.221. The Balaban J connectivity index is 4.50. The van der Waals surface area contributed by atoms with E-state index >= 15 is 0 Å². The van der Waals surface area contributed by atoms with Crippen molar-refractivity contribution in [3.63, 3.8) is 0 Å². The number of hydrogen-bond acceptors (Lipinski definition) is 2. The zero-order valence-electron chi connectivity index (χ0n) is 13.6. The fraction of sp³-hybridized carbons (Fsp3) is 1.00. The average Bonchev–Trinajstić information content (AvgIpc) is 2.24. The lowest BCUT2D eigenvalue weighted by Gasteiger charge is -2.43. The van der Waals surface area contributed by atoms with Crippen LogP contribution in [0.25, 0.3) is 0 Å². The van der Waals surface area contributed by atoms with Crippen molar-refractivity contribution in [2.45, 2.75) is 86.2 Å². The summed E-state index contributed by atoms with van der Waals surface area (Å²) in [4.78, 5) is 11.1. The Hall–Kier alpha value is -0.0800. The van der Waals surface area contributed by atoms with Gasteiger partial charge in [-0.1, -0.05) is 47.5 Å². The van der Waals surface area contributed by atoms with Crippen LogP contribution in [0.2, 0.25) is 0 Å². The smallest absolute Gasteiger partial charge is 0.101 e. The summed E-state index contributed by atoms with van der Waals surface area (Å²) < 4.78 is 0. The lowest BCUT2D eigenvalue weighted by molar-refractivity contribution is -0.371. The molecule has 2 heteroatoms. The van der Waals surface area contributed by atoms with E-state index in [-0.39, 0.29) is 5.60 Å². The number of hydrogen-bond donors (Lipinski definition) is 0. The van der Waals surface area contributed by atoms with Crippen LogP contribution in [0.3, 0.4) is 0 Å². The van der Waals surface area contributed by atoms with E-state index in [2.05, 4.69) is 48.5 Å². The molecule has 0 saturated carbocycles. The summed E-state index contributed by atoms with van der Waals surface area (Å²) in [7, 11) is 0. The molecule has 0 spiro atoms. The first-order chi connectivity index (χ1) is 8.31. The first kappa shape index (κ1) is 17.9. The Morgan fingerprint density at radius 1 is 0.944 bits per heavy atom. The molecule has 0 aliphatic heterocycles. The van der Waals surface area contributed by atoms with Crippen LogP contribution in [0, 0.1) is 11.3 Å². The van der Waals surface area contributed by atoms with Crippen LogP contribution in [0.15, 0.2) is 0 Å². The van der Waals surface area contributed by atoms with Crippen molar-refractivity contribution in [2.24, 2.45) is 11.3 Å². The number of rotatable bonds is 10. The molecule has 2 nitrogen and oxygen atoms in total. The standard InChI is InChI=1S/C16H34O2/c1-8-11-13-17-18-16(6,7)14(10-3)15(4,5)12-9-2/h14H,8-13H2,1-7H3. The summed E-state index contributed by atoms with van der Waals surface area (Å²) in [6.45, 7) is 16.4. The van der Waals surface area contributed by atoms with Crippen molar-refractivity contribution >= 4 is 0 Å². The molecule has 0 aromatic carbocycles. The van der Waals surface area contributed by atoms with Gasteiger partial charge in [-0.15, -0.1) is 0 Å². The Kier molecular flexibility index (Phi) is 8.13. The van der Waals surface area contributed by atoms with Gasteiger partial charge in [0.05, 0.1) is 6.61 Å². The van der Waals surface area contributed by atoms with Crippen molar-refractivity contribution in [2.75, 3.05) is 6.61 Å². The highest BCUT2D eigenvalue weighted by Crippen LogP contribution is 2.42.